The summed E-state index contributed by atoms with van der Waals surface area (Å²) in [4.78, 5) is 6.73. The molecule has 1 unspecified atom stereocenters. The van der Waals surface area contributed by atoms with E-state index in [-0.39, 0.29) is 11.6 Å². The first kappa shape index (κ1) is 15.3. The van der Waals surface area contributed by atoms with E-state index in [1.54, 1.807) is 6.20 Å². The third-order valence-corrected chi connectivity index (χ3v) is 4.92. The van der Waals surface area contributed by atoms with E-state index in [0.29, 0.717) is 5.82 Å². The second-order valence-corrected chi connectivity index (χ2v) is 5.84. The van der Waals surface area contributed by atoms with Crippen LogP contribution in [0.4, 0.5) is 5.82 Å². The summed E-state index contributed by atoms with van der Waals surface area (Å²) in [5.74, 6) is 0.621. The Balaban J connectivity index is 2.19. The average Bonchev–Trinajstić information content (AvgIpc) is 2.93. The van der Waals surface area contributed by atoms with Crippen molar-refractivity contribution in [2.24, 2.45) is 5.73 Å². The molecular formula is C16H28N4. The molecule has 1 aliphatic carbocycles. The number of hydrogen-bond donors (Lipinski definition) is 2. The van der Waals surface area contributed by atoms with Crippen LogP contribution in [0.2, 0.25) is 0 Å². The second kappa shape index (κ2) is 6.55. The Kier molecular flexibility index (Phi) is 5.00. The van der Waals surface area contributed by atoms with Crippen molar-refractivity contribution in [1.29, 1.82) is 0 Å². The molecule has 1 aliphatic rings. The van der Waals surface area contributed by atoms with Crippen molar-refractivity contribution in [3.63, 3.8) is 0 Å². The topological polar surface area (TPSA) is 68.2 Å². The minimum atomic E-state index is 0.122. The van der Waals surface area contributed by atoms with Gasteiger partial charge in [-0.15, -0.1) is 0 Å². The number of nitrogens with two attached hydrogens (primary N) is 2. The van der Waals surface area contributed by atoms with E-state index in [4.69, 9.17) is 11.5 Å². The van der Waals surface area contributed by atoms with Crippen LogP contribution in [0.5, 0.6) is 0 Å². The summed E-state index contributed by atoms with van der Waals surface area (Å²) in [6.07, 6.45) is 7.53. The highest BCUT2D eigenvalue weighted by atomic mass is 15.2. The van der Waals surface area contributed by atoms with Gasteiger partial charge in [0.2, 0.25) is 0 Å². The summed E-state index contributed by atoms with van der Waals surface area (Å²) in [6, 6.07) is 4.11. The fraction of sp³-hybridized carbons (Fsp3) is 0.688. The molecule has 1 aromatic rings. The van der Waals surface area contributed by atoms with Crippen LogP contribution in [0.15, 0.2) is 18.3 Å². The molecule has 0 spiro atoms. The molecule has 20 heavy (non-hydrogen) atoms. The van der Waals surface area contributed by atoms with E-state index < -0.39 is 0 Å². The number of likely N-dealkylation sites (N-methyl/N-ethyl adjacent to an activating group) is 1. The van der Waals surface area contributed by atoms with Crippen molar-refractivity contribution in [2.45, 2.75) is 57.5 Å². The highest BCUT2D eigenvalue weighted by Crippen LogP contribution is 2.38. The molecule has 2 rings (SSSR count). The van der Waals surface area contributed by atoms with Gasteiger partial charge in [0.05, 0.1) is 0 Å². The molecule has 1 heterocycles. The molecule has 1 fully saturated rings. The highest BCUT2D eigenvalue weighted by Gasteiger charge is 2.43. The summed E-state index contributed by atoms with van der Waals surface area (Å²) in [7, 11) is 0. The third-order valence-electron chi connectivity index (χ3n) is 4.92. The van der Waals surface area contributed by atoms with Gasteiger partial charge in [-0.05, 0) is 44.0 Å². The lowest BCUT2D eigenvalue weighted by Crippen LogP contribution is -2.59. The Hall–Kier alpha value is -1.13. The van der Waals surface area contributed by atoms with Gasteiger partial charge in [-0.2, -0.15) is 0 Å². The van der Waals surface area contributed by atoms with E-state index in [1.807, 2.05) is 12.1 Å². The molecule has 4 heteroatoms. The van der Waals surface area contributed by atoms with Crippen molar-refractivity contribution in [2.75, 3.05) is 18.8 Å². The van der Waals surface area contributed by atoms with E-state index in [9.17, 15) is 0 Å². The van der Waals surface area contributed by atoms with E-state index >= 15 is 0 Å². The second-order valence-electron chi connectivity index (χ2n) is 5.84. The maximum absolute atomic E-state index is 6.64. The van der Waals surface area contributed by atoms with E-state index in [1.165, 1.54) is 25.7 Å². The number of pyridine rings is 1. The summed E-state index contributed by atoms with van der Waals surface area (Å²) >= 11 is 0. The lowest BCUT2D eigenvalue weighted by Gasteiger charge is -2.45. The Morgan fingerprint density at radius 3 is 2.50 bits per heavy atom. The van der Waals surface area contributed by atoms with Gasteiger partial charge in [0.15, 0.2) is 0 Å². The molecule has 1 aromatic heterocycles. The molecule has 4 nitrogen and oxygen atoms in total. The van der Waals surface area contributed by atoms with Gasteiger partial charge in [-0.1, -0.05) is 32.8 Å². The summed E-state index contributed by atoms with van der Waals surface area (Å²) in [5, 5.41) is 0. The first-order valence-electron chi connectivity index (χ1n) is 7.84. The van der Waals surface area contributed by atoms with E-state index in [2.05, 4.69) is 23.7 Å². The average molecular weight is 276 g/mol. The summed E-state index contributed by atoms with van der Waals surface area (Å²) in [5.41, 5.74) is 13.8. The van der Waals surface area contributed by atoms with Crippen molar-refractivity contribution in [1.82, 2.24) is 9.88 Å². The maximum atomic E-state index is 6.64. The normalized spacial score (nSPS) is 19.4. The molecule has 0 saturated heterocycles. The van der Waals surface area contributed by atoms with Crippen molar-refractivity contribution < 1.29 is 0 Å². The zero-order valence-corrected chi connectivity index (χ0v) is 12.8. The molecule has 0 aliphatic heterocycles. The largest absolute Gasteiger partial charge is 0.383 e. The Morgan fingerprint density at radius 2 is 1.95 bits per heavy atom. The minimum Gasteiger partial charge on any atom is -0.383 e. The smallest absolute Gasteiger partial charge is 0.126 e. The van der Waals surface area contributed by atoms with Gasteiger partial charge in [0, 0.05) is 17.8 Å². The number of hydrogen-bond acceptors (Lipinski definition) is 4. The minimum absolute atomic E-state index is 0.122. The Bertz CT molecular complexity index is 422. The Morgan fingerprint density at radius 1 is 1.30 bits per heavy atom. The molecule has 1 saturated carbocycles. The van der Waals surface area contributed by atoms with Gasteiger partial charge in [-0.25, -0.2) is 4.98 Å². The molecule has 112 valence electrons. The van der Waals surface area contributed by atoms with Crippen LogP contribution in [0, 0.1) is 0 Å². The molecular weight excluding hydrogens is 248 g/mol. The van der Waals surface area contributed by atoms with Crippen LogP contribution < -0.4 is 11.5 Å². The number of nitrogens with zero attached hydrogens (tertiary/aromatic N) is 2. The summed E-state index contributed by atoms with van der Waals surface area (Å²) < 4.78 is 0. The molecule has 0 radical (unpaired) electrons. The van der Waals surface area contributed by atoms with Gasteiger partial charge in [0.1, 0.15) is 5.82 Å². The fourth-order valence-corrected chi connectivity index (χ4v) is 3.81. The quantitative estimate of drug-likeness (QED) is 0.835. The first-order chi connectivity index (χ1) is 9.64. The zero-order valence-electron chi connectivity index (χ0n) is 12.8. The standard InChI is InChI=1S/C16H28N4/c1-3-20(4-2)16(9-5-6-10-16)14(17)12-13-8-7-11-19-15(13)18/h7-8,11,14H,3-6,9-10,12,17H2,1-2H3,(H2,18,19). The number of nitrogen functional groups attached to an aromatic ring is 1. The highest BCUT2D eigenvalue weighted by molar-refractivity contribution is 5.39. The van der Waals surface area contributed by atoms with Crippen LogP contribution in [-0.2, 0) is 6.42 Å². The SMILES string of the molecule is CCN(CC)C1(C(N)Cc2cccnc2N)CCCC1. The lowest BCUT2D eigenvalue weighted by atomic mass is 9.83. The molecule has 0 aromatic carbocycles. The zero-order chi connectivity index (χ0) is 14.6. The number of rotatable bonds is 6. The van der Waals surface area contributed by atoms with Crippen LogP contribution in [0.1, 0.15) is 45.1 Å². The van der Waals surface area contributed by atoms with Crippen molar-refractivity contribution in [3.05, 3.63) is 23.9 Å². The van der Waals surface area contributed by atoms with E-state index in [0.717, 1.165) is 25.1 Å². The van der Waals surface area contributed by atoms with Crippen LogP contribution in [0.3, 0.4) is 0 Å². The lowest BCUT2D eigenvalue weighted by molar-refractivity contribution is 0.0772. The monoisotopic (exact) mass is 276 g/mol. The van der Waals surface area contributed by atoms with Gasteiger partial charge in [-0.3, -0.25) is 4.90 Å². The summed E-state index contributed by atoms with van der Waals surface area (Å²) in [6.45, 7) is 6.59. The van der Waals surface area contributed by atoms with Crippen molar-refractivity contribution >= 4 is 5.82 Å². The van der Waals surface area contributed by atoms with Gasteiger partial charge in [0.25, 0.3) is 0 Å². The first-order valence-corrected chi connectivity index (χ1v) is 7.84. The third kappa shape index (κ3) is 2.81. The predicted molar refractivity (Wildman–Crippen MR) is 84.4 cm³/mol. The molecule has 4 N–H and O–H groups in total. The molecule has 1 atom stereocenters. The fourth-order valence-electron chi connectivity index (χ4n) is 3.81. The van der Waals surface area contributed by atoms with Crippen LogP contribution in [0.25, 0.3) is 0 Å². The van der Waals surface area contributed by atoms with Gasteiger partial charge < -0.3 is 11.5 Å². The van der Waals surface area contributed by atoms with Gasteiger partial charge >= 0.3 is 0 Å². The van der Waals surface area contributed by atoms with Crippen LogP contribution in [-0.4, -0.2) is 34.6 Å². The molecule has 0 bridgehead atoms. The number of anilines is 1. The number of aromatic nitrogens is 1. The predicted octanol–water partition coefficient (Wildman–Crippen LogP) is 2.19. The Labute approximate surface area is 122 Å². The van der Waals surface area contributed by atoms with Crippen molar-refractivity contribution in [3.8, 4) is 0 Å². The maximum Gasteiger partial charge on any atom is 0.126 e. The van der Waals surface area contributed by atoms with Crippen LogP contribution >= 0.6 is 0 Å². The molecule has 0 amide bonds.